The molecule has 0 radical (unpaired) electrons. The fourth-order valence-corrected chi connectivity index (χ4v) is 5.47. The lowest BCUT2D eigenvalue weighted by Gasteiger charge is -2.25. The zero-order valence-corrected chi connectivity index (χ0v) is 21.8. The molecule has 0 saturated carbocycles. The minimum Gasteiger partial charge on any atom is -0.495 e. The molecule has 4 aromatic carbocycles. The number of anilines is 2. The fraction of sp³-hybridized carbons (Fsp3) is 0.107. The molecule has 0 fully saturated rings. The highest BCUT2D eigenvalue weighted by Crippen LogP contribution is 2.33. The molecule has 0 saturated heterocycles. The van der Waals surface area contributed by atoms with Crippen molar-refractivity contribution in [2.24, 2.45) is 0 Å². The number of nitrogens with one attached hydrogen (secondary N) is 1. The SMILES string of the molecule is COc1ccc(C)cc1S(=O)(=O)N(CC(=O)Nc1cc(Cl)ccc1Oc1ccccc1)c1ccccc1. The van der Waals surface area contributed by atoms with Gasteiger partial charge in [0.25, 0.3) is 10.0 Å². The molecular formula is C28H25ClN2O5S. The van der Waals surface area contributed by atoms with E-state index in [1.807, 2.05) is 18.2 Å². The summed E-state index contributed by atoms with van der Waals surface area (Å²) >= 11 is 6.18. The summed E-state index contributed by atoms with van der Waals surface area (Å²) in [6.07, 6.45) is 0. The van der Waals surface area contributed by atoms with Crippen molar-refractivity contribution in [2.75, 3.05) is 23.3 Å². The highest BCUT2D eigenvalue weighted by Gasteiger charge is 2.30. The second kappa shape index (κ2) is 11.4. The molecule has 4 rings (SSSR count). The fourth-order valence-electron chi connectivity index (χ4n) is 3.64. The summed E-state index contributed by atoms with van der Waals surface area (Å²) < 4.78 is 39.9. The summed E-state index contributed by atoms with van der Waals surface area (Å²) in [6, 6.07) is 27.2. The Kier molecular flexibility index (Phi) is 8.01. The quantitative estimate of drug-likeness (QED) is 0.272. The van der Waals surface area contributed by atoms with Gasteiger partial charge in [-0.15, -0.1) is 0 Å². The van der Waals surface area contributed by atoms with Crippen molar-refractivity contribution in [1.29, 1.82) is 0 Å². The largest absolute Gasteiger partial charge is 0.495 e. The van der Waals surface area contributed by atoms with E-state index in [0.29, 0.717) is 27.9 Å². The number of sulfonamides is 1. The van der Waals surface area contributed by atoms with Crippen LogP contribution in [0.3, 0.4) is 0 Å². The van der Waals surface area contributed by atoms with Crippen LogP contribution in [-0.4, -0.2) is 28.0 Å². The van der Waals surface area contributed by atoms with Crippen LogP contribution in [0.25, 0.3) is 0 Å². The summed E-state index contributed by atoms with van der Waals surface area (Å²) in [5, 5.41) is 3.13. The summed E-state index contributed by atoms with van der Waals surface area (Å²) in [4.78, 5) is 13.2. The summed E-state index contributed by atoms with van der Waals surface area (Å²) in [7, 11) is -2.78. The van der Waals surface area contributed by atoms with Crippen LogP contribution >= 0.6 is 11.6 Å². The molecule has 7 nitrogen and oxygen atoms in total. The third-order valence-corrected chi connectivity index (χ3v) is 7.44. The van der Waals surface area contributed by atoms with E-state index in [4.69, 9.17) is 21.1 Å². The average molecular weight is 537 g/mol. The normalized spacial score (nSPS) is 11.0. The Balaban J connectivity index is 1.67. The van der Waals surface area contributed by atoms with Crippen molar-refractivity contribution in [3.63, 3.8) is 0 Å². The van der Waals surface area contributed by atoms with E-state index in [2.05, 4.69) is 5.32 Å². The van der Waals surface area contributed by atoms with Gasteiger partial charge in [0.15, 0.2) is 5.75 Å². The molecule has 37 heavy (non-hydrogen) atoms. The Morgan fingerprint density at radius 3 is 2.22 bits per heavy atom. The van der Waals surface area contributed by atoms with Crippen molar-refractivity contribution >= 4 is 38.9 Å². The Bertz CT molecular complexity index is 1500. The van der Waals surface area contributed by atoms with Gasteiger partial charge in [0.05, 0.1) is 18.5 Å². The molecule has 0 aliphatic heterocycles. The van der Waals surface area contributed by atoms with Gasteiger partial charge in [-0.2, -0.15) is 0 Å². The van der Waals surface area contributed by atoms with E-state index in [9.17, 15) is 13.2 Å². The highest BCUT2D eigenvalue weighted by atomic mass is 35.5. The van der Waals surface area contributed by atoms with E-state index in [0.717, 1.165) is 9.87 Å². The van der Waals surface area contributed by atoms with Crippen LogP contribution in [0.5, 0.6) is 17.2 Å². The molecule has 0 aliphatic rings. The first-order valence-electron chi connectivity index (χ1n) is 11.3. The number of hydrogen-bond donors (Lipinski definition) is 1. The number of methoxy groups -OCH3 is 1. The molecule has 9 heteroatoms. The topological polar surface area (TPSA) is 84.9 Å². The number of amides is 1. The lowest BCUT2D eigenvalue weighted by Crippen LogP contribution is -2.38. The summed E-state index contributed by atoms with van der Waals surface area (Å²) in [5.74, 6) is 0.526. The molecule has 1 amide bonds. The molecule has 0 unspecified atom stereocenters. The lowest BCUT2D eigenvalue weighted by atomic mass is 10.2. The number of aryl methyl sites for hydroxylation is 1. The van der Waals surface area contributed by atoms with Gasteiger partial charge in [0.2, 0.25) is 5.91 Å². The maximum atomic E-state index is 13.8. The third kappa shape index (κ3) is 6.22. The van der Waals surface area contributed by atoms with Gasteiger partial charge < -0.3 is 14.8 Å². The zero-order valence-electron chi connectivity index (χ0n) is 20.2. The van der Waals surface area contributed by atoms with E-state index >= 15 is 0 Å². The minimum absolute atomic E-state index is 0.0393. The molecule has 0 aliphatic carbocycles. The molecule has 0 heterocycles. The number of carbonyl (C=O) groups excluding carboxylic acids is 1. The van der Waals surface area contributed by atoms with Gasteiger partial charge in [0.1, 0.15) is 22.9 Å². The summed E-state index contributed by atoms with van der Waals surface area (Å²) in [5.41, 5.74) is 1.37. The maximum absolute atomic E-state index is 13.8. The number of halogens is 1. The Hall–Kier alpha value is -4.01. The van der Waals surface area contributed by atoms with Crippen molar-refractivity contribution in [2.45, 2.75) is 11.8 Å². The Morgan fingerprint density at radius 1 is 0.892 bits per heavy atom. The standard InChI is InChI=1S/C28H25ClN2O5S/c1-20-13-15-26(35-2)27(17-20)37(33,34)31(22-9-5-3-6-10-22)19-28(32)30-24-18-21(29)14-16-25(24)36-23-11-7-4-8-12-23/h3-18H,19H2,1-2H3,(H,30,32). The van der Waals surface area contributed by atoms with Gasteiger partial charge in [-0.25, -0.2) is 8.42 Å². The van der Waals surface area contributed by atoms with E-state index in [1.54, 1.807) is 79.7 Å². The number of ether oxygens (including phenoxy) is 2. The van der Waals surface area contributed by atoms with Crippen molar-refractivity contribution in [3.8, 4) is 17.2 Å². The zero-order chi connectivity index (χ0) is 26.4. The first-order chi connectivity index (χ1) is 17.8. The molecular weight excluding hydrogens is 512 g/mol. The number of nitrogens with zero attached hydrogens (tertiary/aromatic N) is 1. The van der Waals surface area contributed by atoms with Crippen molar-refractivity contribution < 1.29 is 22.7 Å². The molecule has 190 valence electrons. The van der Waals surface area contributed by atoms with Crippen LogP contribution in [0, 0.1) is 6.92 Å². The second-order valence-electron chi connectivity index (χ2n) is 8.11. The average Bonchev–Trinajstić information content (AvgIpc) is 2.90. The first-order valence-corrected chi connectivity index (χ1v) is 13.1. The van der Waals surface area contributed by atoms with Crippen LogP contribution in [-0.2, 0) is 14.8 Å². The molecule has 1 N–H and O–H groups in total. The predicted octanol–water partition coefficient (Wildman–Crippen LogP) is 6.28. The van der Waals surface area contributed by atoms with Crippen LogP contribution in [0.1, 0.15) is 5.56 Å². The Morgan fingerprint density at radius 2 is 1.54 bits per heavy atom. The lowest BCUT2D eigenvalue weighted by molar-refractivity contribution is -0.114. The van der Waals surface area contributed by atoms with Gasteiger partial charge in [-0.1, -0.05) is 54.1 Å². The van der Waals surface area contributed by atoms with E-state index in [1.165, 1.54) is 13.2 Å². The number of carbonyl (C=O) groups is 1. The monoisotopic (exact) mass is 536 g/mol. The second-order valence-corrected chi connectivity index (χ2v) is 10.4. The van der Waals surface area contributed by atoms with E-state index < -0.39 is 22.5 Å². The van der Waals surface area contributed by atoms with Gasteiger partial charge in [0, 0.05) is 5.02 Å². The number of rotatable bonds is 9. The number of para-hydroxylation sites is 2. The van der Waals surface area contributed by atoms with Crippen LogP contribution in [0.15, 0.2) is 102 Å². The first kappa shape index (κ1) is 26.1. The van der Waals surface area contributed by atoms with Crippen molar-refractivity contribution in [3.05, 3.63) is 108 Å². The maximum Gasteiger partial charge on any atom is 0.268 e. The third-order valence-electron chi connectivity index (χ3n) is 5.41. The van der Waals surface area contributed by atoms with E-state index in [-0.39, 0.29) is 10.6 Å². The van der Waals surface area contributed by atoms with Crippen molar-refractivity contribution in [1.82, 2.24) is 0 Å². The molecule has 0 bridgehead atoms. The molecule has 0 spiro atoms. The number of hydrogen-bond acceptors (Lipinski definition) is 5. The number of benzene rings is 4. The van der Waals surface area contributed by atoms with Gasteiger partial charge in [-0.3, -0.25) is 9.10 Å². The molecule has 4 aromatic rings. The predicted molar refractivity (Wildman–Crippen MR) is 145 cm³/mol. The Labute approximate surface area is 221 Å². The van der Waals surface area contributed by atoms with Gasteiger partial charge >= 0.3 is 0 Å². The molecule has 0 aromatic heterocycles. The highest BCUT2D eigenvalue weighted by molar-refractivity contribution is 7.93. The smallest absolute Gasteiger partial charge is 0.268 e. The van der Waals surface area contributed by atoms with Crippen LogP contribution in [0.2, 0.25) is 5.02 Å². The minimum atomic E-state index is -4.18. The van der Waals surface area contributed by atoms with Crippen LogP contribution < -0.4 is 19.1 Å². The molecule has 0 atom stereocenters. The summed E-state index contributed by atoms with van der Waals surface area (Å²) in [6.45, 7) is 1.28. The van der Waals surface area contributed by atoms with Gasteiger partial charge in [-0.05, 0) is 67.1 Å². The van der Waals surface area contributed by atoms with Crippen LogP contribution in [0.4, 0.5) is 11.4 Å².